The molecule has 1 N–H and O–H groups in total. The summed E-state index contributed by atoms with van der Waals surface area (Å²) in [5, 5.41) is 2.93. The Labute approximate surface area is 209 Å². The predicted octanol–water partition coefficient (Wildman–Crippen LogP) is 4.60. The van der Waals surface area contributed by atoms with Gasteiger partial charge in [-0.3, -0.25) is 19.3 Å². The van der Waals surface area contributed by atoms with Crippen LogP contribution in [0.1, 0.15) is 23.7 Å². The van der Waals surface area contributed by atoms with Crippen LogP contribution in [0.5, 0.6) is 0 Å². The number of benzene rings is 2. The molecule has 1 heterocycles. The van der Waals surface area contributed by atoms with Crippen LogP contribution in [0.2, 0.25) is 5.02 Å². The number of nitrogens with one attached hydrogen (secondary N) is 1. The van der Waals surface area contributed by atoms with Gasteiger partial charge in [0.2, 0.25) is 11.8 Å². The molecule has 1 saturated carbocycles. The highest BCUT2D eigenvalue weighted by atomic mass is 79.9. The van der Waals surface area contributed by atoms with Crippen molar-refractivity contribution in [2.75, 3.05) is 16.8 Å². The zero-order valence-electron chi connectivity index (χ0n) is 18.1. The molecule has 2 fully saturated rings. The largest absolute Gasteiger partial charge is 0.452 e. The molecule has 2 aliphatic carbocycles. The molecule has 2 bridgehead atoms. The van der Waals surface area contributed by atoms with Crippen molar-refractivity contribution >= 4 is 62.6 Å². The number of fused-ring (bicyclic) bond motifs is 5. The first-order chi connectivity index (χ1) is 16.2. The first-order valence-electron chi connectivity index (χ1n) is 10.8. The summed E-state index contributed by atoms with van der Waals surface area (Å²) >= 11 is 9.36. The van der Waals surface area contributed by atoms with Gasteiger partial charge in [-0.05, 0) is 67.6 Å². The molecule has 3 aliphatic rings. The van der Waals surface area contributed by atoms with E-state index in [1.165, 1.54) is 22.6 Å². The third-order valence-electron chi connectivity index (χ3n) is 6.78. The number of nitrogens with zero attached hydrogens (tertiary/aromatic N) is 1. The monoisotopic (exact) mass is 542 g/mol. The number of carbonyl (C=O) groups excluding carboxylic acids is 4. The lowest BCUT2D eigenvalue weighted by Crippen LogP contribution is -2.33. The fraction of sp³-hybridized carbons (Fsp3) is 0.280. The molecule has 3 amide bonds. The van der Waals surface area contributed by atoms with E-state index in [1.807, 2.05) is 6.92 Å². The third-order valence-corrected chi connectivity index (χ3v) is 7.59. The summed E-state index contributed by atoms with van der Waals surface area (Å²) in [5.41, 5.74) is 2.23. The molecule has 4 atom stereocenters. The Morgan fingerprint density at radius 1 is 1.12 bits per heavy atom. The van der Waals surface area contributed by atoms with Gasteiger partial charge in [0.1, 0.15) is 0 Å². The van der Waals surface area contributed by atoms with Gasteiger partial charge in [-0.15, -0.1) is 0 Å². The van der Waals surface area contributed by atoms with Crippen LogP contribution < -0.4 is 10.2 Å². The van der Waals surface area contributed by atoms with Gasteiger partial charge >= 0.3 is 5.97 Å². The van der Waals surface area contributed by atoms with Crippen molar-refractivity contribution < 1.29 is 23.9 Å². The van der Waals surface area contributed by atoms with Crippen LogP contribution >= 0.6 is 27.5 Å². The first kappa shape index (κ1) is 22.8. The number of ether oxygens (including phenoxy) is 1. The Balaban J connectivity index is 1.21. The van der Waals surface area contributed by atoms with E-state index in [2.05, 4.69) is 27.3 Å². The summed E-state index contributed by atoms with van der Waals surface area (Å²) in [6.45, 7) is 1.53. The number of imide groups is 1. The molecule has 0 spiro atoms. The zero-order valence-corrected chi connectivity index (χ0v) is 20.4. The van der Waals surface area contributed by atoms with Gasteiger partial charge in [0.25, 0.3) is 5.91 Å². The summed E-state index contributed by atoms with van der Waals surface area (Å²) in [4.78, 5) is 51.8. The number of halogens is 2. The quantitative estimate of drug-likeness (QED) is 0.338. The highest BCUT2D eigenvalue weighted by Gasteiger charge is 2.60. The molecular formula is C25H20BrClN2O5. The first-order valence-corrected chi connectivity index (χ1v) is 12.0. The minimum absolute atomic E-state index is 0.129. The lowest BCUT2D eigenvalue weighted by molar-refractivity contribution is -0.123. The lowest BCUT2D eigenvalue weighted by Gasteiger charge is -2.19. The maximum absolute atomic E-state index is 13.1. The van der Waals surface area contributed by atoms with Gasteiger partial charge in [0, 0.05) is 4.47 Å². The van der Waals surface area contributed by atoms with Crippen LogP contribution in [-0.2, 0) is 19.1 Å². The molecule has 0 aromatic heterocycles. The lowest BCUT2D eigenvalue weighted by atomic mass is 9.82. The van der Waals surface area contributed by atoms with Crippen LogP contribution in [0.15, 0.2) is 58.6 Å². The molecule has 0 radical (unpaired) electrons. The Hall–Kier alpha value is -2.97. The van der Waals surface area contributed by atoms with E-state index in [4.69, 9.17) is 16.3 Å². The number of amides is 3. The summed E-state index contributed by atoms with van der Waals surface area (Å²) in [5.74, 6) is -1.88. The number of rotatable bonds is 5. The fourth-order valence-corrected chi connectivity index (χ4v) is 5.99. The van der Waals surface area contributed by atoms with Crippen molar-refractivity contribution in [2.45, 2.75) is 13.3 Å². The number of allylic oxidation sites excluding steroid dienone is 2. The number of hydrogen-bond acceptors (Lipinski definition) is 5. The van der Waals surface area contributed by atoms with Crippen molar-refractivity contribution in [1.82, 2.24) is 0 Å². The molecule has 0 unspecified atom stereocenters. The highest BCUT2D eigenvalue weighted by Crippen LogP contribution is 2.55. The molecule has 1 aliphatic heterocycles. The second kappa shape index (κ2) is 8.67. The van der Waals surface area contributed by atoms with Gasteiger partial charge in [-0.2, -0.15) is 0 Å². The van der Waals surface area contributed by atoms with Gasteiger partial charge in [-0.25, -0.2) is 4.79 Å². The van der Waals surface area contributed by atoms with Gasteiger partial charge < -0.3 is 10.1 Å². The molecule has 7 nitrogen and oxygen atoms in total. The van der Waals surface area contributed by atoms with E-state index in [1.54, 1.807) is 30.3 Å². The summed E-state index contributed by atoms with van der Waals surface area (Å²) < 4.78 is 5.85. The third kappa shape index (κ3) is 3.84. The molecule has 34 heavy (non-hydrogen) atoms. The van der Waals surface area contributed by atoms with Crippen molar-refractivity contribution in [1.29, 1.82) is 0 Å². The molecule has 1 saturated heterocycles. The van der Waals surface area contributed by atoms with Gasteiger partial charge in [0.15, 0.2) is 6.61 Å². The maximum atomic E-state index is 13.1. The topological polar surface area (TPSA) is 92.8 Å². The normalized spacial score (nSPS) is 24.8. The average Bonchev–Trinajstić information content (AvgIpc) is 3.44. The molecule has 5 rings (SSSR count). The van der Waals surface area contributed by atoms with Gasteiger partial charge in [-0.1, -0.05) is 39.2 Å². The Bertz CT molecular complexity index is 1260. The smallest absolute Gasteiger partial charge is 0.338 e. The molecule has 2 aromatic rings. The van der Waals surface area contributed by atoms with E-state index >= 15 is 0 Å². The van der Waals surface area contributed by atoms with Crippen LogP contribution in [0, 0.1) is 23.7 Å². The minimum Gasteiger partial charge on any atom is -0.452 e. The van der Waals surface area contributed by atoms with Crippen LogP contribution in [0.3, 0.4) is 0 Å². The Kier molecular flexibility index (Phi) is 5.81. The van der Waals surface area contributed by atoms with Crippen molar-refractivity contribution in [2.24, 2.45) is 23.7 Å². The number of carbonyl (C=O) groups is 4. The van der Waals surface area contributed by atoms with E-state index in [9.17, 15) is 19.2 Å². The summed E-state index contributed by atoms with van der Waals surface area (Å²) in [6, 6.07) is 11.1. The van der Waals surface area contributed by atoms with Crippen molar-refractivity contribution in [3.05, 3.63) is 69.2 Å². The average molecular weight is 544 g/mol. The molecule has 2 aromatic carbocycles. The molecule has 174 valence electrons. The van der Waals surface area contributed by atoms with Crippen LogP contribution in [0.25, 0.3) is 0 Å². The minimum atomic E-state index is -0.697. The number of anilines is 2. The number of esters is 1. The molecule has 9 heteroatoms. The van der Waals surface area contributed by atoms with E-state index in [0.717, 1.165) is 10.9 Å². The standard InChI is InChI=1S/C25H20BrClN2O5/c1-12-8-14-9-17(12)22-21(14)23(31)29(24(22)32)16-5-2-13(3-6-16)25(33)34-11-20(30)28-19-7-4-15(26)10-18(19)27/h2-8,10,14,17,21-22H,9,11H2,1H3,(H,28,30)/t14-,17+,21+,22+/m0/s1. The second-order valence-corrected chi connectivity index (χ2v) is 10.1. The Morgan fingerprint density at radius 2 is 1.82 bits per heavy atom. The number of hydrogen-bond donors (Lipinski definition) is 1. The van der Waals surface area contributed by atoms with E-state index in [-0.39, 0.29) is 41.0 Å². The predicted molar refractivity (Wildman–Crippen MR) is 129 cm³/mol. The molecular weight excluding hydrogens is 524 g/mol. The fourth-order valence-electron chi connectivity index (χ4n) is 5.27. The van der Waals surface area contributed by atoms with Crippen molar-refractivity contribution in [3.63, 3.8) is 0 Å². The van der Waals surface area contributed by atoms with Crippen molar-refractivity contribution in [3.8, 4) is 0 Å². The highest BCUT2D eigenvalue weighted by molar-refractivity contribution is 9.10. The summed E-state index contributed by atoms with van der Waals surface area (Å²) in [6.07, 6.45) is 3.00. The van der Waals surface area contributed by atoms with Crippen LogP contribution in [0.4, 0.5) is 11.4 Å². The Morgan fingerprint density at radius 3 is 2.53 bits per heavy atom. The maximum Gasteiger partial charge on any atom is 0.338 e. The van der Waals surface area contributed by atoms with E-state index in [0.29, 0.717) is 16.4 Å². The van der Waals surface area contributed by atoms with Crippen LogP contribution in [-0.4, -0.2) is 30.3 Å². The van der Waals surface area contributed by atoms with E-state index < -0.39 is 18.5 Å². The zero-order chi connectivity index (χ0) is 24.1. The SMILES string of the molecule is CC1=C[C@H]2C[C@H]1[C@H]1C(=O)N(c3ccc(C(=O)OCC(=O)Nc4ccc(Br)cc4Cl)cc3)C(=O)[C@@H]12. The summed E-state index contributed by atoms with van der Waals surface area (Å²) in [7, 11) is 0. The second-order valence-electron chi connectivity index (χ2n) is 8.78. The van der Waals surface area contributed by atoms with Gasteiger partial charge in [0.05, 0.1) is 33.8 Å².